The van der Waals surface area contributed by atoms with Gasteiger partial charge in [-0.2, -0.15) is 8.42 Å². The first-order valence-corrected chi connectivity index (χ1v) is 8.97. The lowest BCUT2D eigenvalue weighted by Gasteiger charge is -2.24. The monoisotopic (exact) mass is 355 g/mol. The Labute approximate surface area is 141 Å². The Bertz CT molecular complexity index is 733. The average Bonchev–Trinajstić information content (AvgIpc) is 2.83. The number of Topliss-reactive ketones (excluding diaryl/α,β-unsaturated/α-hetero) is 1. The molecule has 8 heteroatoms. The summed E-state index contributed by atoms with van der Waals surface area (Å²) in [6.45, 7) is 5.33. The van der Waals surface area contributed by atoms with Gasteiger partial charge in [0.25, 0.3) is 10.1 Å². The Hall–Kier alpha value is -1.93. The number of anilines is 1. The van der Waals surface area contributed by atoms with Crippen LogP contribution in [0.25, 0.3) is 0 Å². The Balaban J connectivity index is 2.13. The van der Waals surface area contributed by atoms with Crippen molar-refractivity contribution in [3.05, 3.63) is 29.8 Å². The standard InChI is InChI=1S/C16H21NO6S/c1-16(2,3)23-15(19)17(4)12-7-5-11(6-8-12)14(18)13-9-10-22-24(13,20)21/h5-8,13H,9-10H2,1-4H3. The van der Waals surface area contributed by atoms with E-state index in [1.807, 2.05) is 0 Å². The quantitative estimate of drug-likeness (QED) is 0.611. The number of nitrogens with zero attached hydrogens (tertiary/aromatic N) is 1. The highest BCUT2D eigenvalue weighted by Gasteiger charge is 2.39. The second-order valence-corrected chi connectivity index (χ2v) is 8.33. The predicted octanol–water partition coefficient (Wildman–Crippen LogP) is 2.36. The summed E-state index contributed by atoms with van der Waals surface area (Å²) in [6, 6.07) is 6.12. The molecule has 2 rings (SSSR count). The molecule has 0 saturated carbocycles. The van der Waals surface area contributed by atoms with Gasteiger partial charge < -0.3 is 4.74 Å². The van der Waals surface area contributed by atoms with E-state index in [1.165, 1.54) is 17.0 Å². The molecule has 1 heterocycles. The number of hydrogen-bond acceptors (Lipinski definition) is 6. The van der Waals surface area contributed by atoms with Crippen molar-refractivity contribution in [2.45, 2.75) is 38.0 Å². The third-order valence-corrected chi connectivity index (χ3v) is 5.12. The van der Waals surface area contributed by atoms with E-state index in [4.69, 9.17) is 4.74 Å². The number of carbonyl (C=O) groups is 2. The zero-order chi connectivity index (χ0) is 18.1. The summed E-state index contributed by atoms with van der Waals surface area (Å²) in [6.07, 6.45) is -0.367. The van der Waals surface area contributed by atoms with Crippen molar-refractivity contribution in [2.75, 3.05) is 18.6 Å². The highest BCUT2D eigenvalue weighted by Crippen LogP contribution is 2.23. The van der Waals surface area contributed by atoms with Crippen LogP contribution in [0.2, 0.25) is 0 Å². The van der Waals surface area contributed by atoms with E-state index >= 15 is 0 Å². The molecule has 24 heavy (non-hydrogen) atoms. The maximum absolute atomic E-state index is 12.3. The minimum absolute atomic E-state index is 0.0260. The van der Waals surface area contributed by atoms with E-state index in [9.17, 15) is 18.0 Å². The average molecular weight is 355 g/mol. The topological polar surface area (TPSA) is 90.0 Å². The Kier molecular flexibility index (Phi) is 5.00. The van der Waals surface area contributed by atoms with Crippen LogP contribution < -0.4 is 4.90 Å². The van der Waals surface area contributed by atoms with Crippen molar-refractivity contribution in [1.29, 1.82) is 0 Å². The van der Waals surface area contributed by atoms with Crippen molar-refractivity contribution >= 4 is 27.7 Å². The summed E-state index contributed by atoms with van der Waals surface area (Å²) in [5.74, 6) is -0.501. The summed E-state index contributed by atoms with van der Waals surface area (Å²) in [4.78, 5) is 25.6. The molecule has 0 bridgehead atoms. The minimum Gasteiger partial charge on any atom is -0.443 e. The zero-order valence-electron chi connectivity index (χ0n) is 14.1. The normalized spacial score (nSPS) is 19.8. The predicted molar refractivity (Wildman–Crippen MR) is 88.7 cm³/mol. The molecule has 0 aromatic heterocycles. The van der Waals surface area contributed by atoms with Gasteiger partial charge in [0.15, 0.2) is 11.0 Å². The first-order valence-electron chi connectivity index (χ1n) is 7.50. The second-order valence-electron chi connectivity index (χ2n) is 6.54. The van der Waals surface area contributed by atoms with Crippen molar-refractivity contribution in [3.63, 3.8) is 0 Å². The van der Waals surface area contributed by atoms with Gasteiger partial charge in [0, 0.05) is 18.3 Å². The minimum atomic E-state index is -3.83. The summed E-state index contributed by atoms with van der Waals surface area (Å²) in [5, 5.41) is -1.16. The Morgan fingerprint density at radius 1 is 1.21 bits per heavy atom. The lowest BCUT2D eigenvalue weighted by Crippen LogP contribution is -2.34. The number of ketones is 1. The molecule has 0 spiro atoms. The molecule has 132 valence electrons. The number of benzene rings is 1. The molecule has 1 saturated heterocycles. The van der Waals surface area contributed by atoms with Crippen LogP contribution in [0.1, 0.15) is 37.6 Å². The molecule has 0 aliphatic carbocycles. The summed E-state index contributed by atoms with van der Waals surface area (Å²) < 4.78 is 33.2. The van der Waals surface area contributed by atoms with E-state index in [0.29, 0.717) is 5.69 Å². The number of rotatable bonds is 3. The summed E-state index contributed by atoms with van der Waals surface area (Å²) >= 11 is 0. The van der Waals surface area contributed by atoms with Gasteiger partial charge in [0.1, 0.15) is 5.60 Å². The van der Waals surface area contributed by atoms with Crippen LogP contribution in [0.15, 0.2) is 24.3 Å². The first-order chi connectivity index (χ1) is 11.0. The van der Waals surface area contributed by atoms with Crippen molar-refractivity contribution in [1.82, 2.24) is 0 Å². The van der Waals surface area contributed by atoms with Crippen LogP contribution >= 0.6 is 0 Å². The molecule has 1 fully saturated rings. The van der Waals surface area contributed by atoms with E-state index in [2.05, 4.69) is 4.18 Å². The summed E-state index contributed by atoms with van der Waals surface area (Å²) in [7, 11) is -2.27. The number of ether oxygens (including phenoxy) is 1. The smallest absolute Gasteiger partial charge is 0.414 e. The van der Waals surface area contributed by atoms with Crippen LogP contribution in [-0.4, -0.2) is 44.8 Å². The zero-order valence-corrected chi connectivity index (χ0v) is 14.9. The maximum atomic E-state index is 12.3. The number of carbonyl (C=O) groups excluding carboxylic acids is 2. The Morgan fingerprint density at radius 2 is 1.79 bits per heavy atom. The largest absolute Gasteiger partial charge is 0.443 e. The molecule has 1 atom stereocenters. The third kappa shape index (κ3) is 4.12. The van der Waals surface area contributed by atoms with Crippen LogP contribution in [0.4, 0.5) is 10.5 Å². The van der Waals surface area contributed by atoms with Gasteiger partial charge in [0.05, 0.1) is 6.61 Å². The van der Waals surface area contributed by atoms with Gasteiger partial charge >= 0.3 is 6.09 Å². The fourth-order valence-electron chi connectivity index (χ4n) is 2.23. The van der Waals surface area contributed by atoms with Gasteiger partial charge in [-0.05, 0) is 51.5 Å². The first kappa shape index (κ1) is 18.4. The molecule has 0 radical (unpaired) electrons. The summed E-state index contributed by atoms with van der Waals surface area (Å²) in [5.41, 5.74) is 0.180. The highest BCUT2D eigenvalue weighted by atomic mass is 32.2. The van der Waals surface area contributed by atoms with Crippen LogP contribution in [0, 0.1) is 0 Å². The molecule has 1 aliphatic heterocycles. The fourth-order valence-corrected chi connectivity index (χ4v) is 3.51. The van der Waals surface area contributed by atoms with Crippen LogP contribution in [-0.2, 0) is 19.0 Å². The van der Waals surface area contributed by atoms with Gasteiger partial charge in [-0.1, -0.05) is 0 Å². The molecular formula is C16H21NO6S. The second kappa shape index (κ2) is 6.52. The van der Waals surface area contributed by atoms with Crippen LogP contribution in [0.3, 0.4) is 0 Å². The maximum Gasteiger partial charge on any atom is 0.414 e. The van der Waals surface area contributed by atoms with Gasteiger partial charge in [-0.3, -0.25) is 13.9 Å². The van der Waals surface area contributed by atoms with Crippen LogP contribution in [0.5, 0.6) is 0 Å². The molecule has 7 nitrogen and oxygen atoms in total. The lowest BCUT2D eigenvalue weighted by atomic mass is 10.1. The van der Waals surface area contributed by atoms with E-state index in [0.717, 1.165) is 0 Å². The fraction of sp³-hybridized carbons (Fsp3) is 0.500. The van der Waals surface area contributed by atoms with Crippen molar-refractivity contribution in [3.8, 4) is 0 Å². The molecule has 0 N–H and O–H groups in total. The van der Waals surface area contributed by atoms with Gasteiger partial charge in [-0.15, -0.1) is 0 Å². The lowest BCUT2D eigenvalue weighted by molar-refractivity contribution is 0.0589. The molecule has 1 aliphatic rings. The van der Waals surface area contributed by atoms with Gasteiger partial charge in [0.2, 0.25) is 0 Å². The molecular weight excluding hydrogens is 334 g/mol. The van der Waals surface area contributed by atoms with E-state index < -0.39 is 32.8 Å². The SMILES string of the molecule is CN(C(=O)OC(C)(C)C)c1ccc(C(=O)C2CCOS2(=O)=O)cc1. The molecule has 1 amide bonds. The Morgan fingerprint density at radius 3 is 2.25 bits per heavy atom. The van der Waals surface area contributed by atoms with E-state index in [-0.39, 0.29) is 18.6 Å². The molecule has 1 aromatic rings. The third-order valence-electron chi connectivity index (χ3n) is 3.48. The number of hydrogen-bond donors (Lipinski definition) is 0. The van der Waals surface area contributed by atoms with Gasteiger partial charge in [-0.25, -0.2) is 4.79 Å². The van der Waals surface area contributed by atoms with E-state index in [1.54, 1.807) is 40.0 Å². The number of amides is 1. The van der Waals surface area contributed by atoms with Crippen molar-refractivity contribution < 1.29 is 26.9 Å². The molecule has 1 aromatic carbocycles. The highest BCUT2D eigenvalue weighted by molar-refractivity contribution is 7.88. The molecule has 1 unspecified atom stereocenters. The van der Waals surface area contributed by atoms with Crippen molar-refractivity contribution in [2.24, 2.45) is 0 Å².